The number of halogens is 1. The highest BCUT2D eigenvalue weighted by Crippen LogP contribution is 2.40. The Morgan fingerprint density at radius 2 is 2.00 bits per heavy atom. The smallest absolute Gasteiger partial charge is 0.325 e. The number of rotatable bonds is 4. The average Bonchev–Trinajstić information content (AvgIpc) is 2.90. The summed E-state index contributed by atoms with van der Waals surface area (Å²) in [5.41, 5.74) is 3.74. The first-order valence-electron chi connectivity index (χ1n) is 8.84. The van der Waals surface area contributed by atoms with E-state index in [1.54, 1.807) is 0 Å². The van der Waals surface area contributed by atoms with E-state index in [0.29, 0.717) is 6.04 Å². The molecule has 5 heteroatoms. The lowest BCUT2D eigenvalue weighted by atomic mass is 9.95. The molecule has 1 amide bonds. The third kappa shape index (κ3) is 2.52. The summed E-state index contributed by atoms with van der Waals surface area (Å²) < 4.78 is 1.98. The van der Waals surface area contributed by atoms with E-state index >= 15 is 0 Å². The number of hydrogen-bond donors (Lipinski definition) is 0. The third-order valence-corrected chi connectivity index (χ3v) is 5.44. The number of likely N-dealkylation sites (N-methyl/N-ethyl adjacent to an activating group) is 1. The number of fused-ring (bicyclic) bond motifs is 3. The number of aromatic nitrogens is 1. The SMILES string of the molecule is CCCCCN1CCc2c3n(c4ccccc24)C(=O)N(C)CC31.Cl. The molecule has 4 rings (SSSR count). The van der Waals surface area contributed by atoms with Gasteiger partial charge in [-0.15, -0.1) is 12.4 Å². The first-order valence-corrected chi connectivity index (χ1v) is 8.84. The highest BCUT2D eigenvalue weighted by Gasteiger charge is 2.39. The average molecular weight is 348 g/mol. The second kappa shape index (κ2) is 6.77. The first-order chi connectivity index (χ1) is 11.2. The number of carbonyl (C=O) groups excluding carboxylic acids is 1. The minimum absolute atomic E-state index is 0. The van der Waals surface area contributed by atoms with Gasteiger partial charge in [-0.3, -0.25) is 9.47 Å². The molecule has 1 unspecified atom stereocenters. The van der Waals surface area contributed by atoms with Crippen molar-refractivity contribution in [1.29, 1.82) is 0 Å². The fourth-order valence-electron chi connectivity index (χ4n) is 4.27. The molecular formula is C19H26ClN3O. The molecular weight excluding hydrogens is 322 g/mol. The number of hydrogen-bond acceptors (Lipinski definition) is 2. The topological polar surface area (TPSA) is 28.5 Å². The molecule has 0 fully saturated rings. The van der Waals surface area contributed by atoms with Crippen molar-refractivity contribution < 1.29 is 4.79 Å². The van der Waals surface area contributed by atoms with Crippen LogP contribution in [0.15, 0.2) is 24.3 Å². The molecule has 0 radical (unpaired) electrons. The fraction of sp³-hybridized carbons (Fsp3) is 0.526. The largest absolute Gasteiger partial charge is 0.328 e. The predicted octanol–water partition coefficient (Wildman–Crippen LogP) is 4.07. The van der Waals surface area contributed by atoms with Crippen LogP contribution in [0.1, 0.15) is 43.5 Å². The predicted molar refractivity (Wildman–Crippen MR) is 100 cm³/mol. The summed E-state index contributed by atoms with van der Waals surface area (Å²) in [6.45, 7) is 5.31. The van der Waals surface area contributed by atoms with E-state index in [1.807, 2.05) is 22.6 Å². The minimum Gasteiger partial charge on any atom is -0.325 e. The Morgan fingerprint density at radius 3 is 2.79 bits per heavy atom. The molecule has 4 nitrogen and oxygen atoms in total. The van der Waals surface area contributed by atoms with Crippen LogP contribution in [0, 0.1) is 0 Å². The van der Waals surface area contributed by atoms with Gasteiger partial charge in [0.15, 0.2) is 0 Å². The highest BCUT2D eigenvalue weighted by molar-refractivity contribution is 5.96. The maximum absolute atomic E-state index is 12.8. The maximum Gasteiger partial charge on any atom is 0.328 e. The summed E-state index contributed by atoms with van der Waals surface area (Å²) in [5.74, 6) is 0. The summed E-state index contributed by atoms with van der Waals surface area (Å²) in [7, 11) is 1.93. The lowest BCUT2D eigenvalue weighted by Crippen LogP contribution is -2.49. The van der Waals surface area contributed by atoms with E-state index < -0.39 is 0 Å². The van der Waals surface area contributed by atoms with Crippen LogP contribution in [0.5, 0.6) is 0 Å². The van der Waals surface area contributed by atoms with Crippen LogP contribution in [0.2, 0.25) is 0 Å². The van der Waals surface area contributed by atoms with Gasteiger partial charge in [0.1, 0.15) is 0 Å². The van der Waals surface area contributed by atoms with Crippen LogP contribution in [0.3, 0.4) is 0 Å². The van der Waals surface area contributed by atoms with Crippen LogP contribution in [-0.4, -0.2) is 47.1 Å². The molecule has 1 atom stereocenters. The van der Waals surface area contributed by atoms with Gasteiger partial charge in [0.2, 0.25) is 0 Å². The van der Waals surface area contributed by atoms with E-state index in [-0.39, 0.29) is 18.4 Å². The second-order valence-corrected chi connectivity index (χ2v) is 6.89. The van der Waals surface area contributed by atoms with E-state index in [1.165, 1.54) is 35.9 Å². The van der Waals surface area contributed by atoms with E-state index in [0.717, 1.165) is 31.6 Å². The van der Waals surface area contributed by atoms with Gasteiger partial charge in [0.05, 0.1) is 17.3 Å². The van der Waals surface area contributed by atoms with Gasteiger partial charge in [-0.1, -0.05) is 38.0 Å². The van der Waals surface area contributed by atoms with Crippen molar-refractivity contribution >= 4 is 29.3 Å². The second-order valence-electron chi connectivity index (χ2n) is 6.89. The van der Waals surface area contributed by atoms with E-state index in [9.17, 15) is 4.79 Å². The Hall–Kier alpha value is -1.52. The molecule has 0 N–H and O–H groups in total. The zero-order chi connectivity index (χ0) is 16.0. The maximum atomic E-state index is 12.8. The molecule has 0 saturated heterocycles. The van der Waals surface area contributed by atoms with Crippen molar-refractivity contribution in [3.8, 4) is 0 Å². The molecule has 0 spiro atoms. The van der Waals surface area contributed by atoms with E-state index in [4.69, 9.17) is 0 Å². The quantitative estimate of drug-likeness (QED) is 0.780. The van der Waals surface area contributed by atoms with Gasteiger partial charge >= 0.3 is 6.03 Å². The number of unbranched alkanes of at least 4 members (excludes halogenated alkanes) is 2. The zero-order valence-corrected chi connectivity index (χ0v) is 15.3. The Bertz CT molecular complexity index is 754. The van der Waals surface area contributed by atoms with Crippen molar-refractivity contribution in [2.75, 3.05) is 26.7 Å². The molecule has 24 heavy (non-hydrogen) atoms. The van der Waals surface area contributed by atoms with Gasteiger partial charge in [-0.05, 0) is 31.0 Å². The van der Waals surface area contributed by atoms with Crippen LogP contribution >= 0.6 is 12.4 Å². The van der Waals surface area contributed by atoms with Crippen LogP contribution in [0.4, 0.5) is 4.79 Å². The van der Waals surface area contributed by atoms with Gasteiger partial charge < -0.3 is 4.90 Å². The van der Waals surface area contributed by atoms with Crippen LogP contribution in [-0.2, 0) is 6.42 Å². The Morgan fingerprint density at radius 1 is 1.21 bits per heavy atom. The summed E-state index contributed by atoms with van der Waals surface area (Å²) in [6, 6.07) is 8.85. The Labute approximate surface area is 149 Å². The number of para-hydroxylation sites is 1. The summed E-state index contributed by atoms with van der Waals surface area (Å²) in [6.07, 6.45) is 4.85. The van der Waals surface area contributed by atoms with Gasteiger partial charge in [-0.25, -0.2) is 4.79 Å². The molecule has 1 aromatic heterocycles. The van der Waals surface area contributed by atoms with Crippen molar-refractivity contribution in [3.63, 3.8) is 0 Å². The van der Waals surface area contributed by atoms with Crippen molar-refractivity contribution in [2.45, 2.75) is 38.6 Å². The standard InChI is InChI=1S/C19H25N3O.ClH/c1-3-4-7-11-21-12-10-15-14-8-5-6-9-16(14)22-18(15)17(21)13-20(2)19(22)23;/h5-6,8-9,17H,3-4,7,10-13H2,1-2H3;1H. The highest BCUT2D eigenvalue weighted by atomic mass is 35.5. The number of carbonyl (C=O) groups is 1. The van der Waals surface area contributed by atoms with Crippen molar-refractivity contribution in [1.82, 2.24) is 14.4 Å². The molecule has 1 aromatic carbocycles. The third-order valence-electron chi connectivity index (χ3n) is 5.44. The van der Waals surface area contributed by atoms with E-state index in [2.05, 4.69) is 30.0 Å². The normalized spacial score (nSPS) is 20.2. The zero-order valence-electron chi connectivity index (χ0n) is 14.5. The Kier molecular flexibility index (Phi) is 4.88. The summed E-state index contributed by atoms with van der Waals surface area (Å²) >= 11 is 0. The van der Waals surface area contributed by atoms with Gasteiger partial charge in [0, 0.05) is 25.5 Å². The minimum atomic E-state index is 0. The molecule has 2 aliphatic rings. The molecule has 3 heterocycles. The van der Waals surface area contributed by atoms with Gasteiger partial charge in [0.25, 0.3) is 0 Å². The molecule has 0 saturated carbocycles. The van der Waals surface area contributed by atoms with Gasteiger partial charge in [-0.2, -0.15) is 0 Å². The molecule has 2 aliphatic heterocycles. The lowest BCUT2D eigenvalue weighted by molar-refractivity contribution is 0.123. The fourth-order valence-corrected chi connectivity index (χ4v) is 4.27. The molecule has 130 valence electrons. The Balaban J connectivity index is 0.00000169. The molecule has 0 bridgehead atoms. The lowest BCUT2D eigenvalue weighted by Gasteiger charge is -2.42. The summed E-state index contributed by atoms with van der Waals surface area (Å²) in [5, 5.41) is 1.27. The number of amides is 1. The molecule has 0 aliphatic carbocycles. The first kappa shape index (κ1) is 17.3. The summed E-state index contributed by atoms with van der Waals surface area (Å²) in [4.78, 5) is 17.2. The van der Waals surface area contributed by atoms with Crippen molar-refractivity contribution in [2.24, 2.45) is 0 Å². The van der Waals surface area contributed by atoms with Crippen LogP contribution in [0.25, 0.3) is 10.9 Å². The molecule has 2 aromatic rings. The monoisotopic (exact) mass is 347 g/mol. The number of nitrogens with zero attached hydrogens (tertiary/aromatic N) is 3. The van der Waals surface area contributed by atoms with Crippen molar-refractivity contribution in [3.05, 3.63) is 35.5 Å². The number of benzene rings is 1. The van der Waals surface area contributed by atoms with Crippen LogP contribution < -0.4 is 0 Å².